The van der Waals surface area contributed by atoms with Crippen molar-refractivity contribution in [2.75, 3.05) is 13.7 Å². The van der Waals surface area contributed by atoms with E-state index >= 15 is 0 Å². The number of methoxy groups -OCH3 is 1. The summed E-state index contributed by atoms with van der Waals surface area (Å²) in [6.07, 6.45) is -3.34. The molecule has 1 heterocycles. The molecule has 0 spiro atoms. The number of rotatable bonds is 15. The second kappa shape index (κ2) is 17.1. The molecule has 0 radical (unpaired) electrons. The van der Waals surface area contributed by atoms with E-state index in [4.69, 9.17) is 28.4 Å². The van der Waals surface area contributed by atoms with Crippen LogP contribution in [0.5, 0.6) is 0 Å². The van der Waals surface area contributed by atoms with Crippen LogP contribution in [0.1, 0.15) is 33.9 Å². The van der Waals surface area contributed by atoms with Crippen molar-refractivity contribution in [1.82, 2.24) is 0 Å². The van der Waals surface area contributed by atoms with Gasteiger partial charge in [0.25, 0.3) is 0 Å². The van der Waals surface area contributed by atoms with E-state index in [1.807, 2.05) is 115 Å². The highest BCUT2D eigenvalue weighted by atomic mass is 16.7. The van der Waals surface area contributed by atoms with Gasteiger partial charge in [-0.25, -0.2) is 0 Å². The van der Waals surface area contributed by atoms with E-state index in [0.717, 1.165) is 27.8 Å². The van der Waals surface area contributed by atoms with E-state index < -0.39 is 30.7 Å². The molecule has 1 aliphatic heterocycles. The van der Waals surface area contributed by atoms with Gasteiger partial charge in [0.15, 0.2) is 6.29 Å². The summed E-state index contributed by atoms with van der Waals surface area (Å²) in [5, 5.41) is 0. The SMILES string of the molecule is CO[C@H]1O[C@H](COCc2ccccc2)[C@@H](OC(c2ccccc2)c2ccccc2)[C@H](OCc2ccccc2)[C@H]1OCc1ccccc1. The van der Waals surface area contributed by atoms with Crippen molar-refractivity contribution in [3.8, 4) is 0 Å². The van der Waals surface area contributed by atoms with Gasteiger partial charge in [-0.1, -0.05) is 152 Å². The van der Waals surface area contributed by atoms with Gasteiger partial charge >= 0.3 is 0 Å². The average Bonchev–Trinajstić information content (AvgIpc) is 3.14. The minimum absolute atomic E-state index is 0.270. The van der Waals surface area contributed by atoms with Gasteiger partial charge in [-0.05, 0) is 27.8 Å². The molecular weight excluding hydrogens is 588 g/mol. The van der Waals surface area contributed by atoms with Gasteiger partial charge in [-0.2, -0.15) is 0 Å². The van der Waals surface area contributed by atoms with Gasteiger partial charge in [0.05, 0.1) is 26.4 Å². The van der Waals surface area contributed by atoms with Crippen molar-refractivity contribution in [1.29, 1.82) is 0 Å². The Balaban J connectivity index is 1.35. The Morgan fingerprint density at radius 3 is 1.40 bits per heavy atom. The van der Waals surface area contributed by atoms with Crippen molar-refractivity contribution >= 4 is 0 Å². The minimum atomic E-state index is -0.712. The first-order valence-corrected chi connectivity index (χ1v) is 16.1. The first kappa shape index (κ1) is 32.8. The van der Waals surface area contributed by atoms with Crippen molar-refractivity contribution in [2.45, 2.75) is 56.6 Å². The highest BCUT2D eigenvalue weighted by molar-refractivity contribution is 5.30. The molecule has 5 atom stereocenters. The lowest BCUT2D eigenvalue weighted by atomic mass is 9.95. The molecular formula is C41H42O6. The molecule has 0 saturated carbocycles. The van der Waals surface area contributed by atoms with Crippen molar-refractivity contribution in [3.63, 3.8) is 0 Å². The molecule has 6 rings (SSSR count). The fourth-order valence-electron chi connectivity index (χ4n) is 5.90. The summed E-state index contributed by atoms with van der Waals surface area (Å²) in [4.78, 5) is 0. The normalized spacial score (nSPS) is 21.1. The van der Waals surface area contributed by atoms with E-state index in [1.165, 1.54) is 0 Å². The van der Waals surface area contributed by atoms with E-state index in [9.17, 15) is 0 Å². The fraction of sp³-hybridized carbons (Fsp3) is 0.268. The average molecular weight is 631 g/mol. The van der Waals surface area contributed by atoms with E-state index in [0.29, 0.717) is 19.8 Å². The van der Waals surface area contributed by atoms with Crippen LogP contribution in [0.15, 0.2) is 152 Å². The Bertz CT molecular complexity index is 1530. The molecule has 5 aromatic carbocycles. The van der Waals surface area contributed by atoms with Crippen LogP contribution in [0.25, 0.3) is 0 Å². The Hall–Kier alpha value is -4.14. The summed E-state index contributed by atoms with van der Waals surface area (Å²) in [6.45, 7) is 1.44. The van der Waals surface area contributed by atoms with Crippen LogP contribution in [0, 0.1) is 0 Å². The standard InChI is InChI=1S/C41H42O6/c1-42-41-40(45-29-33-21-11-4-12-22-33)39(44-28-32-19-9-3-10-20-32)38(36(46-41)30-43-27-31-17-7-2-8-18-31)47-37(34-23-13-5-14-24-34)35-25-15-6-16-26-35/h2-26,36-41H,27-30H2,1H3/t36-,38-,39+,40-,41+/m1/s1. The van der Waals surface area contributed by atoms with Gasteiger partial charge in [-0.15, -0.1) is 0 Å². The van der Waals surface area contributed by atoms with Crippen LogP contribution in [-0.2, 0) is 48.2 Å². The summed E-state index contributed by atoms with van der Waals surface area (Å²) in [6, 6.07) is 50.8. The van der Waals surface area contributed by atoms with Gasteiger partial charge in [-0.3, -0.25) is 0 Å². The molecule has 47 heavy (non-hydrogen) atoms. The number of hydrogen-bond donors (Lipinski definition) is 0. The van der Waals surface area contributed by atoms with E-state index in [1.54, 1.807) is 7.11 Å². The Labute approximate surface area is 277 Å². The summed E-state index contributed by atoms with van der Waals surface area (Å²) in [7, 11) is 1.64. The van der Waals surface area contributed by atoms with Gasteiger partial charge in [0.2, 0.25) is 0 Å². The molecule has 1 saturated heterocycles. The topological polar surface area (TPSA) is 55.4 Å². The molecule has 0 N–H and O–H groups in total. The summed E-state index contributed by atoms with van der Waals surface area (Å²) >= 11 is 0. The minimum Gasteiger partial charge on any atom is -0.374 e. The number of benzene rings is 5. The van der Waals surface area contributed by atoms with Crippen LogP contribution in [-0.4, -0.2) is 44.4 Å². The Kier molecular flexibility index (Phi) is 12.0. The Morgan fingerprint density at radius 1 is 0.511 bits per heavy atom. The van der Waals surface area contributed by atoms with E-state index in [2.05, 4.69) is 36.4 Å². The zero-order chi connectivity index (χ0) is 32.1. The molecule has 0 aromatic heterocycles. The van der Waals surface area contributed by atoms with Crippen LogP contribution < -0.4 is 0 Å². The Morgan fingerprint density at radius 2 is 0.936 bits per heavy atom. The maximum absolute atomic E-state index is 7.19. The first-order chi connectivity index (χ1) is 23.3. The lowest BCUT2D eigenvalue weighted by Gasteiger charge is -2.46. The third kappa shape index (κ3) is 9.02. The first-order valence-electron chi connectivity index (χ1n) is 16.1. The van der Waals surface area contributed by atoms with Crippen molar-refractivity contribution in [2.24, 2.45) is 0 Å². The predicted octanol–water partition coefficient (Wildman–Crippen LogP) is 7.92. The lowest BCUT2D eigenvalue weighted by molar-refractivity contribution is -0.325. The molecule has 0 bridgehead atoms. The second-order valence-electron chi connectivity index (χ2n) is 11.6. The number of ether oxygens (including phenoxy) is 6. The van der Waals surface area contributed by atoms with Gasteiger partial charge < -0.3 is 28.4 Å². The molecule has 6 heteroatoms. The van der Waals surface area contributed by atoms with E-state index in [-0.39, 0.29) is 12.7 Å². The molecule has 0 aliphatic carbocycles. The van der Waals surface area contributed by atoms with Gasteiger partial charge in [0.1, 0.15) is 30.5 Å². The van der Waals surface area contributed by atoms with Gasteiger partial charge in [0, 0.05) is 7.11 Å². The molecule has 6 nitrogen and oxygen atoms in total. The third-order valence-corrected chi connectivity index (χ3v) is 8.29. The summed E-state index contributed by atoms with van der Waals surface area (Å²) < 4.78 is 39.5. The monoisotopic (exact) mass is 630 g/mol. The number of hydrogen-bond acceptors (Lipinski definition) is 6. The van der Waals surface area contributed by atoms with Crippen LogP contribution in [0.4, 0.5) is 0 Å². The van der Waals surface area contributed by atoms with Crippen molar-refractivity contribution < 1.29 is 28.4 Å². The fourth-order valence-corrected chi connectivity index (χ4v) is 5.90. The third-order valence-electron chi connectivity index (χ3n) is 8.29. The molecule has 5 aromatic rings. The van der Waals surface area contributed by atoms with Crippen LogP contribution in [0.3, 0.4) is 0 Å². The maximum atomic E-state index is 7.19. The zero-order valence-corrected chi connectivity index (χ0v) is 26.7. The van der Waals surface area contributed by atoms with Crippen LogP contribution >= 0.6 is 0 Å². The molecule has 242 valence electrons. The summed E-state index contributed by atoms with van der Waals surface area (Å²) in [5.41, 5.74) is 5.23. The van der Waals surface area contributed by atoms with Crippen LogP contribution in [0.2, 0.25) is 0 Å². The highest BCUT2D eigenvalue weighted by Crippen LogP contribution is 2.36. The zero-order valence-electron chi connectivity index (χ0n) is 26.7. The highest BCUT2D eigenvalue weighted by Gasteiger charge is 2.49. The summed E-state index contributed by atoms with van der Waals surface area (Å²) in [5.74, 6) is 0. The van der Waals surface area contributed by atoms with Crippen molar-refractivity contribution in [3.05, 3.63) is 179 Å². The molecule has 1 aliphatic rings. The predicted molar refractivity (Wildman–Crippen MR) is 181 cm³/mol. The second-order valence-corrected chi connectivity index (χ2v) is 11.6. The quantitative estimate of drug-likeness (QED) is 0.117. The lowest BCUT2D eigenvalue weighted by Crippen LogP contribution is -2.61. The molecule has 0 unspecified atom stereocenters. The molecule has 1 fully saturated rings. The largest absolute Gasteiger partial charge is 0.374 e. The smallest absolute Gasteiger partial charge is 0.186 e. The molecule has 0 amide bonds. The maximum Gasteiger partial charge on any atom is 0.186 e.